The smallest absolute Gasteiger partial charge is 0.254 e. The Morgan fingerprint density at radius 3 is 2.73 bits per heavy atom. The maximum Gasteiger partial charge on any atom is 0.254 e. The highest BCUT2D eigenvalue weighted by molar-refractivity contribution is 6.03. The molecule has 2 rings (SSSR count). The highest BCUT2D eigenvalue weighted by atomic mass is 16.3. The van der Waals surface area contributed by atoms with Gasteiger partial charge in [0.2, 0.25) is 5.91 Å². The molecule has 0 aliphatic carbocycles. The Balaban J connectivity index is 1.98. The van der Waals surface area contributed by atoms with E-state index in [0.717, 1.165) is 5.76 Å². The lowest BCUT2D eigenvalue weighted by Gasteiger charge is -2.10. The van der Waals surface area contributed by atoms with Crippen molar-refractivity contribution in [1.82, 2.24) is 5.32 Å². The number of benzene rings is 1. The van der Waals surface area contributed by atoms with Crippen LogP contribution in [-0.4, -0.2) is 18.4 Å². The lowest BCUT2D eigenvalue weighted by molar-refractivity contribution is -0.116. The van der Waals surface area contributed by atoms with Crippen molar-refractivity contribution in [3.8, 4) is 12.3 Å². The number of rotatable bonds is 6. The van der Waals surface area contributed by atoms with Crippen LogP contribution in [0.4, 0.5) is 5.69 Å². The summed E-state index contributed by atoms with van der Waals surface area (Å²) in [7, 11) is 0. The molecule has 0 bridgehead atoms. The topological polar surface area (TPSA) is 71.3 Å². The van der Waals surface area contributed by atoms with Crippen molar-refractivity contribution in [1.29, 1.82) is 0 Å². The largest absolute Gasteiger partial charge is 0.469 e. The standard InChI is InChI=1S/C17H16N2O3/c1-2-11-18-17(21)14-7-3-4-8-15(14)19-16(20)10-9-13-6-5-12-22-13/h1,3-8,12H,9-11H2,(H,18,21)(H,19,20). The number of anilines is 1. The van der Waals surface area contributed by atoms with Gasteiger partial charge in [-0.3, -0.25) is 9.59 Å². The number of para-hydroxylation sites is 1. The lowest BCUT2D eigenvalue weighted by atomic mass is 10.1. The number of carbonyl (C=O) groups excluding carboxylic acids is 2. The van der Waals surface area contributed by atoms with Gasteiger partial charge in [-0.1, -0.05) is 18.1 Å². The fourth-order valence-corrected chi connectivity index (χ4v) is 1.92. The molecule has 1 aromatic heterocycles. The molecule has 2 aromatic rings. The summed E-state index contributed by atoms with van der Waals surface area (Å²) < 4.78 is 5.18. The molecule has 1 heterocycles. The summed E-state index contributed by atoms with van der Waals surface area (Å²) in [4.78, 5) is 24.0. The van der Waals surface area contributed by atoms with Crippen LogP contribution in [0.2, 0.25) is 0 Å². The number of hydrogen-bond acceptors (Lipinski definition) is 3. The molecule has 0 unspecified atom stereocenters. The molecule has 5 nitrogen and oxygen atoms in total. The maximum absolute atomic E-state index is 12.0. The summed E-state index contributed by atoms with van der Waals surface area (Å²) in [6.07, 6.45) is 7.46. The molecule has 0 radical (unpaired) electrons. The first-order valence-corrected chi connectivity index (χ1v) is 6.83. The van der Waals surface area contributed by atoms with Crippen LogP contribution in [-0.2, 0) is 11.2 Å². The molecule has 22 heavy (non-hydrogen) atoms. The van der Waals surface area contributed by atoms with Gasteiger partial charge in [0.05, 0.1) is 24.1 Å². The van der Waals surface area contributed by atoms with E-state index in [2.05, 4.69) is 16.6 Å². The summed E-state index contributed by atoms with van der Waals surface area (Å²) in [6.45, 7) is 0.138. The van der Waals surface area contributed by atoms with Crippen LogP contribution in [0.3, 0.4) is 0 Å². The molecule has 0 atom stereocenters. The number of amides is 2. The second-order valence-corrected chi connectivity index (χ2v) is 4.56. The number of furan rings is 1. The Kier molecular flexibility index (Phi) is 5.38. The number of nitrogens with one attached hydrogen (secondary N) is 2. The normalized spacial score (nSPS) is 9.77. The van der Waals surface area contributed by atoms with Gasteiger partial charge >= 0.3 is 0 Å². The minimum absolute atomic E-state index is 0.138. The van der Waals surface area contributed by atoms with Gasteiger partial charge in [0, 0.05) is 12.8 Å². The van der Waals surface area contributed by atoms with Crippen molar-refractivity contribution in [3.63, 3.8) is 0 Å². The quantitative estimate of drug-likeness (QED) is 0.803. The van der Waals surface area contributed by atoms with Gasteiger partial charge in [-0.2, -0.15) is 0 Å². The van der Waals surface area contributed by atoms with Gasteiger partial charge in [-0.25, -0.2) is 0 Å². The third-order valence-corrected chi connectivity index (χ3v) is 2.98. The van der Waals surface area contributed by atoms with E-state index in [4.69, 9.17) is 10.8 Å². The van der Waals surface area contributed by atoms with Crippen molar-refractivity contribution in [3.05, 3.63) is 54.0 Å². The van der Waals surface area contributed by atoms with Gasteiger partial charge < -0.3 is 15.1 Å². The van der Waals surface area contributed by atoms with Crippen LogP contribution in [0.15, 0.2) is 47.1 Å². The third-order valence-electron chi connectivity index (χ3n) is 2.98. The first kappa shape index (κ1) is 15.4. The summed E-state index contributed by atoms with van der Waals surface area (Å²) >= 11 is 0. The SMILES string of the molecule is C#CCNC(=O)c1ccccc1NC(=O)CCc1ccco1. The van der Waals surface area contributed by atoms with Crippen molar-refractivity contribution in [2.45, 2.75) is 12.8 Å². The Hall–Kier alpha value is -3.00. The zero-order valence-electron chi connectivity index (χ0n) is 12.0. The van der Waals surface area contributed by atoms with E-state index in [9.17, 15) is 9.59 Å². The first-order chi connectivity index (χ1) is 10.7. The van der Waals surface area contributed by atoms with Crippen LogP contribution in [0.25, 0.3) is 0 Å². The zero-order valence-corrected chi connectivity index (χ0v) is 12.0. The maximum atomic E-state index is 12.0. The highest BCUT2D eigenvalue weighted by Crippen LogP contribution is 2.15. The van der Waals surface area contributed by atoms with Crippen molar-refractivity contribution >= 4 is 17.5 Å². The van der Waals surface area contributed by atoms with Crippen molar-refractivity contribution in [2.24, 2.45) is 0 Å². The van der Waals surface area contributed by atoms with Crippen LogP contribution in [0.1, 0.15) is 22.5 Å². The summed E-state index contributed by atoms with van der Waals surface area (Å²) in [5.74, 6) is 2.57. The second kappa shape index (κ2) is 7.70. The zero-order chi connectivity index (χ0) is 15.8. The van der Waals surface area contributed by atoms with E-state index in [0.29, 0.717) is 17.7 Å². The Labute approximate surface area is 128 Å². The van der Waals surface area contributed by atoms with Gasteiger partial charge in [0.25, 0.3) is 5.91 Å². The molecule has 0 saturated carbocycles. The lowest BCUT2D eigenvalue weighted by Crippen LogP contribution is -2.25. The van der Waals surface area contributed by atoms with E-state index < -0.39 is 0 Å². The number of terminal acetylenes is 1. The Bertz CT molecular complexity index is 684. The van der Waals surface area contributed by atoms with E-state index in [1.54, 1.807) is 36.6 Å². The van der Waals surface area contributed by atoms with Crippen LogP contribution >= 0.6 is 0 Å². The predicted molar refractivity (Wildman–Crippen MR) is 83.3 cm³/mol. The van der Waals surface area contributed by atoms with Gasteiger partial charge in [0.15, 0.2) is 0 Å². The van der Waals surface area contributed by atoms with E-state index in [1.807, 2.05) is 6.07 Å². The third kappa shape index (κ3) is 4.25. The predicted octanol–water partition coefficient (Wildman–Crippen LogP) is 2.21. The average Bonchev–Trinajstić information content (AvgIpc) is 3.04. The number of aryl methyl sites for hydroxylation is 1. The van der Waals surface area contributed by atoms with Gasteiger partial charge in [0.1, 0.15) is 5.76 Å². The fraction of sp³-hybridized carbons (Fsp3) is 0.176. The second-order valence-electron chi connectivity index (χ2n) is 4.56. The molecule has 5 heteroatoms. The van der Waals surface area contributed by atoms with Crippen molar-refractivity contribution in [2.75, 3.05) is 11.9 Å². The molecule has 2 amide bonds. The molecule has 0 fully saturated rings. The molecule has 1 aromatic carbocycles. The minimum atomic E-state index is -0.320. The molecular formula is C17H16N2O3. The van der Waals surface area contributed by atoms with Crippen LogP contribution < -0.4 is 10.6 Å². The first-order valence-electron chi connectivity index (χ1n) is 6.83. The molecule has 0 aliphatic rings. The van der Waals surface area contributed by atoms with Crippen molar-refractivity contribution < 1.29 is 14.0 Å². The number of hydrogen-bond donors (Lipinski definition) is 2. The van der Waals surface area contributed by atoms with Gasteiger partial charge in [-0.05, 0) is 24.3 Å². The summed E-state index contributed by atoms with van der Waals surface area (Å²) in [5.41, 5.74) is 0.838. The molecule has 2 N–H and O–H groups in total. The molecule has 0 aliphatic heterocycles. The van der Waals surface area contributed by atoms with Crippen LogP contribution in [0, 0.1) is 12.3 Å². The van der Waals surface area contributed by atoms with E-state index in [-0.39, 0.29) is 24.8 Å². The summed E-state index contributed by atoms with van der Waals surface area (Å²) in [5, 5.41) is 5.31. The average molecular weight is 296 g/mol. The fourth-order valence-electron chi connectivity index (χ4n) is 1.92. The number of carbonyl (C=O) groups is 2. The van der Waals surface area contributed by atoms with Gasteiger partial charge in [-0.15, -0.1) is 6.42 Å². The Morgan fingerprint density at radius 1 is 1.18 bits per heavy atom. The molecule has 0 spiro atoms. The van der Waals surface area contributed by atoms with E-state index in [1.165, 1.54) is 0 Å². The molecular weight excluding hydrogens is 280 g/mol. The molecule has 0 saturated heterocycles. The highest BCUT2D eigenvalue weighted by Gasteiger charge is 2.12. The minimum Gasteiger partial charge on any atom is -0.469 e. The Morgan fingerprint density at radius 2 is 2.00 bits per heavy atom. The molecule has 112 valence electrons. The summed E-state index contributed by atoms with van der Waals surface area (Å²) in [6, 6.07) is 10.4. The van der Waals surface area contributed by atoms with E-state index >= 15 is 0 Å². The van der Waals surface area contributed by atoms with Crippen LogP contribution in [0.5, 0.6) is 0 Å². The monoisotopic (exact) mass is 296 g/mol.